The lowest BCUT2D eigenvalue weighted by Gasteiger charge is -2.31. The number of hydrogen-bond acceptors (Lipinski definition) is 11. The van der Waals surface area contributed by atoms with Gasteiger partial charge in [-0.3, -0.25) is 19.7 Å². The van der Waals surface area contributed by atoms with Crippen LogP contribution in [-0.2, 0) is 20.7 Å². The largest absolute Gasteiger partial charge is 0.381 e. The highest BCUT2D eigenvalue weighted by molar-refractivity contribution is 7.00. The summed E-state index contributed by atoms with van der Waals surface area (Å²) in [5.74, 6) is -0.606. The molecular formula is C34H40FN7O6S. The zero-order valence-electron chi connectivity index (χ0n) is 27.5. The van der Waals surface area contributed by atoms with E-state index in [1.54, 1.807) is 24.3 Å². The second-order valence-corrected chi connectivity index (χ2v) is 12.3. The normalized spacial score (nSPS) is 13.0. The Hall–Kier alpha value is -4.60. The molecule has 13 nitrogen and oxygen atoms in total. The van der Waals surface area contributed by atoms with E-state index < -0.39 is 16.4 Å². The SMILES string of the molecule is CCC(CC)(NC(=O)c1ccc(C2CC2)c(Cc2ccc(F)cc2)n1)C(=O)NCCOCCOCCNc1ccc([N+](=O)[O-])c2nsnc12. The third-order valence-corrected chi connectivity index (χ3v) is 9.12. The van der Waals surface area contributed by atoms with Gasteiger partial charge in [0.15, 0.2) is 5.52 Å². The third-order valence-electron chi connectivity index (χ3n) is 8.60. The Kier molecular flexibility index (Phi) is 12.2. The molecule has 15 heteroatoms. The predicted molar refractivity (Wildman–Crippen MR) is 183 cm³/mol. The molecule has 2 heterocycles. The fourth-order valence-corrected chi connectivity index (χ4v) is 6.13. The molecule has 0 radical (unpaired) electrons. The van der Waals surface area contributed by atoms with Crippen LogP contribution in [0.5, 0.6) is 0 Å². The highest BCUT2D eigenvalue weighted by atomic mass is 32.1. The zero-order valence-corrected chi connectivity index (χ0v) is 28.3. The Bertz CT molecular complexity index is 1760. The van der Waals surface area contributed by atoms with E-state index in [-0.39, 0.29) is 41.8 Å². The quantitative estimate of drug-likeness (QED) is 0.0678. The molecule has 2 aromatic heterocycles. The van der Waals surface area contributed by atoms with Crippen molar-refractivity contribution in [1.82, 2.24) is 24.4 Å². The van der Waals surface area contributed by atoms with Gasteiger partial charge in [0.05, 0.1) is 48.8 Å². The maximum atomic E-state index is 13.5. The summed E-state index contributed by atoms with van der Waals surface area (Å²) >= 11 is 0.918. The molecule has 0 unspecified atom stereocenters. The molecule has 1 saturated carbocycles. The van der Waals surface area contributed by atoms with Crippen LogP contribution >= 0.6 is 11.7 Å². The molecule has 0 saturated heterocycles. The van der Waals surface area contributed by atoms with Gasteiger partial charge in [-0.2, -0.15) is 8.75 Å². The van der Waals surface area contributed by atoms with Gasteiger partial charge in [-0.05, 0) is 67.0 Å². The van der Waals surface area contributed by atoms with Crippen LogP contribution in [0.4, 0.5) is 15.8 Å². The van der Waals surface area contributed by atoms with Crippen molar-refractivity contribution in [1.29, 1.82) is 0 Å². The summed E-state index contributed by atoms with van der Waals surface area (Å²) < 4.78 is 32.8. The van der Waals surface area contributed by atoms with E-state index in [2.05, 4.69) is 24.7 Å². The number of hydrogen-bond donors (Lipinski definition) is 3. The molecule has 4 aromatic rings. The van der Waals surface area contributed by atoms with E-state index >= 15 is 0 Å². The first kappa shape index (κ1) is 35.7. The van der Waals surface area contributed by atoms with Crippen LogP contribution in [0.15, 0.2) is 48.5 Å². The highest BCUT2D eigenvalue weighted by Gasteiger charge is 2.37. The van der Waals surface area contributed by atoms with Gasteiger partial charge < -0.3 is 25.4 Å². The summed E-state index contributed by atoms with van der Waals surface area (Å²) in [4.78, 5) is 42.2. The van der Waals surface area contributed by atoms with Crippen LogP contribution in [0.1, 0.15) is 72.8 Å². The number of aromatic nitrogens is 3. The number of halogens is 1. The van der Waals surface area contributed by atoms with E-state index in [1.807, 2.05) is 19.9 Å². The van der Waals surface area contributed by atoms with Crippen molar-refractivity contribution >= 4 is 46.0 Å². The molecule has 2 aromatic carbocycles. The number of pyridine rings is 1. The molecule has 0 aliphatic heterocycles. The number of nitrogens with one attached hydrogen (secondary N) is 3. The maximum Gasteiger partial charge on any atom is 0.298 e. The summed E-state index contributed by atoms with van der Waals surface area (Å²) in [5, 5.41) is 20.2. The summed E-state index contributed by atoms with van der Waals surface area (Å²) in [5.41, 5.74) is 3.19. The number of carbonyl (C=O) groups is 2. The number of benzene rings is 2. The summed E-state index contributed by atoms with van der Waals surface area (Å²) in [6, 6.07) is 13.0. The Labute approximate surface area is 287 Å². The van der Waals surface area contributed by atoms with Gasteiger partial charge in [-0.25, -0.2) is 9.37 Å². The fourth-order valence-electron chi connectivity index (χ4n) is 5.56. The second-order valence-electron chi connectivity index (χ2n) is 11.8. The zero-order chi connectivity index (χ0) is 34.8. The molecule has 2 amide bonds. The van der Waals surface area contributed by atoms with Crippen LogP contribution in [-0.4, -0.2) is 75.5 Å². The number of carbonyl (C=O) groups excluding carboxylic acids is 2. The predicted octanol–water partition coefficient (Wildman–Crippen LogP) is 5.15. The van der Waals surface area contributed by atoms with Gasteiger partial charge >= 0.3 is 0 Å². The van der Waals surface area contributed by atoms with Gasteiger partial charge in [0.1, 0.15) is 22.6 Å². The first-order valence-corrected chi connectivity index (χ1v) is 17.1. The number of nitrogens with zero attached hydrogens (tertiary/aromatic N) is 4. The van der Waals surface area contributed by atoms with Crippen LogP contribution in [0.3, 0.4) is 0 Å². The van der Waals surface area contributed by atoms with Gasteiger partial charge in [-0.1, -0.05) is 32.0 Å². The number of nitro groups is 1. The summed E-state index contributed by atoms with van der Waals surface area (Å²) in [7, 11) is 0. The minimum Gasteiger partial charge on any atom is -0.381 e. The number of ether oxygens (including phenoxy) is 2. The number of non-ortho nitro benzene ring substituents is 1. The third kappa shape index (κ3) is 9.10. The summed E-state index contributed by atoms with van der Waals surface area (Å²) in [6.45, 7) is 5.71. The lowest BCUT2D eigenvalue weighted by Crippen LogP contribution is -2.58. The molecule has 5 rings (SSSR count). The summed E-state index contributed by atoms with van der Waals surface area (Å²) in [6.07, 6.45) is 3.41. The van der Waals surface area contributed by atoms with Gasteiger partial charge in [0.2, 0.25) is 5.91 Å². The molecule has 260 valence electrons. The molecule has 3 N–H and O–H groups in total. The van der Waals surface area contributed by atoms with Crippen LogP contribution < -0.4 is 16.0 Å². The molecule has 0 spiro atoms. The van der Waals surface area contributed by atoms with Crippen molar-refractivity contribution < 1.29 is 28.4 Å². The van der Waals surface area contributed by atoms with Crippen molar-refractivity contribution in [2.24, 2.45) is 0 Å². The molecule has 1 aliphatic carbocycles. The number of fused-ring (bicyclic) bond motifs is 1. The number of amides is 2. The lowest BCUT2D eigenvalue weighted by molar-refractivity contribution is -0.383. The van der Waals surface area contributed by atoms with Crippen molar-refractivity contribution in [3.05, 3.63) is 87.0 Å². The van der Waals surface area contributed by atoms with Crippen molar-refractivity contribution in [2.75, 3.05) is 44.8 Å². The van der Waals surface area contributed by atoms with E-state index in [0.29, 0.717) is 62.7 Å². The first-order valence-electron chi connectivity index (χ1n) is 16.4. The average Bonchev–Trinajstić information content (AvgIpc) is 3.83. The molecule has 49 heavy (non-hydrogen) atoms. The van der Waals surface area contributed by atoms with E-state index in [9.17, 15) is 24.1 Å². The smallest absolute Gasteiger partial charge is 0.298 e. The minimum atomic E-state index is -1.12. The van der Waals surface area contributed by atoms with Crippen molar-refractivity contribution in [3.63, 3.8) is 0 Å². The molecular weight excluding hydrogens is 653 g/mol. The number of nitro benzene ring substituents is 1. The number of rotatable bonds is 19. The van der Waals surface area contributed by atoms with E-state index in [0.717, 1.165) is 41.4 Å². The Balaban J connectivity index is 1.04. The topological polar surface area (TPSA) is 170 Å². The van der Waals surface area contributed by atoms with E-state index in [4.69, 9.17) is 14.5 Å². The van der Waals surface area contributed by atoms with Gasteiger partial charge in [0.25, 0.3) is 11.6 Å². The Morgan fingerprint density at radius 2 is 1.65 bits per heavy atom. The number of anilines is 1. The first-order chi connectivity index (χ1) is 23.7. The maximum absolute atomic E-state index is 13.5. The van der Waals surface area contributed by atoms with Crippen LogP contribution in [0.2, 0.25) is 0 Å². The van der Waals surface area contributed by atoms with Crippen LogP contribution in [0, 0.1) is 15.9 Å². The van der Waals surface area contributed by atoms with Crippen molar-refractivity contribution in [2.45, 2.75) is 57.4 Å². The second kappa shape index (κ2) is 16.7. The van der Waals surface area contributed by atoms with Crippen LogP contribution in [0.25, 0.3) is 11.0 Å². The highest BCUT2D eigenvalue weighted by Crippen LogP contribution is 2.41. The van der Waals surface area contributed by atoms with Gasteiger partial charge in [-0.15, -0.1) is 0 Å². The minimum absolute atomic E-state index is 0.0837. The molecule has 1 fully saturated rings. The van der Waals surface area contributed by atoms with E-state index in [1.165, 1.54) is 18.2 Å². The van der Waals surface area contributed by atoms with Gasteiger partial charge in [0, 0.05) is 31.3 Å². The molecule has 0 atom stereocenters. The fraction of sp³-hybridized carbons (Fsp3) is 0.441. The standard InChI is InChI=1S/C34H40FN7O6S/c1-3-34(4-2,39-32(43)27-12-11-25(23-7-8-23)28(38-27)21-22-5-9-24(35)10-6-22)33(44)37-16-18-48-20-19-47-17-15-36-26-13-14-29(42(45)46)31-30(26)40-49-41-31/h5-6,9-14,23,36H,3-4,7-8,15-21H2,1-2H3,(H,37,44)(H,39,43). The van der Waals surface area contributed by atoms with Crippen molar-refractivity contribution in [3.8, 4) is 0 Å². The Morgan fingerprint density at radius 3 is 2.33 bits per heavy atom. The molecule has 1 aliphatic rings. The average molecular weight is 694 g/mol. The lowest BCUT2D eigenvalue weighted by atomic mass is 9.91. The molecule has 0 bridgehead atoms. The Morgan fingerprint density at radius 1 is 0.959 bits per heavy atom. The monoisotopic (exact) mass is 693 g/mol.